The van der Waals surface area contributed by atoms with E-state index in [1.165, 1.54) is 11.5 Å². The summed E-state index contributed by atoms with van der Waals surface area (Å²) in [5.41, 5.74) is 7.30. The fourth-order valence-corrected chi connectivity index (χ4v) is 5.22. The lowest BCUT2D eigenvalue weighted by Crippen LogP contribution is -2.39. The number of rotatable bonds is 4. The number of nitrogens with one attached hydrogen (secondary N) is 1. The van der Waals surface area contributed by atoms with E-state index in [0.29, 0.717) is 5.25 Å². The van der Waals surface area contributed by atoms with Gasteiger partial charge in [-0.25, -0.2) is 0 Å². The highest BCUT2D eigenvalue weighted by Crippen LogP contribution is 2.48. The van der Waals surface area contributed by atoms with Crippen LogP contribution in [0.2, 0.25) is 0 Å². The monoisotopic (exact) mass is 308 g/mol. The number of benzene rings is 1. The third kappa shape index (κ3) is 2.93. The van der Waals surface area contributed by atoms with Crippen molar-refractivity contribution in [3.63, 3.8) is 0 Å². The summed E-state index contributed by atoms with van der Waals surface area (Å²) in [6, 6.07) is 7.76. The highest BCUT2D eigenvalue weighted by atomic mass is 32.2. The summed E-state index contributed by atoms with van der Waals surface area (Å²) in [4.78, 5) is 12.5. The molecule has 1 atom stereocenters. The Labute approximate surface area is 128 Å². The Morgan fingerprint density at radius 1 is 1.30 bits per heavy atom. The maximum atomic E-state index is 12.5. The van der Waals surface area contributed by atoms with Gasteiger partial charge in [-0.05, 0) is 30.5 Å². The van der Waals surface area contributed by atoms with Crippen LogP contribution < -0.4 is 11.1 Å². The number of nitrogens with two attached hydrogens (primary N) is 1. The fraction of sp³-hybridized carbons (Fsp3) is 0.533. The van der Waals surface area contributed by atoms with Gasteiger partial charge in [0, 0.05) is 34.7 Å². The molecule has 1 saturated heterocycles. The van der Waals surface area contributed by atoms with E-state index in [0.717, 1.165) is 36.4 Å². The van der Waals surface area contributed by atoms with E-state index in [9.17, 15) is 4.79 Å². The summed E-state index contributed by atoms with van der Waals surface area (Å²) in [7, 11) is 0. The highest BCUT2D eigenvalue weighted by Gasteiger charge is 2.51. The van der Waals surface area contributed by atoms with E-state index in [-0.39, 0.29) is 11.3 Å². The molecule has 3 nitrogen and oxygen atoms in total. The van der Waals surface area contributed by atoms with E-state index in [4.69, 9.17) is 5.73 Å². The predicted molar refractivity (Wildman–Crippen MR) is 88.3 cm³/mol. The van der Waals surface area contributed by atoms with Gasteiger partial charge in [0.05, 0.1) is 5.41 Å². The summed E-state index contributed by atoms with van der Waals surface area (Å²) in [6.45, 7) is 0.799. The van der Waals surface area contributed by atoms with Crippen LogP contribution in [0.15, 0.2) is 24.3 Å². The molecule has 1 aromatic rings. The zero-order chi connectivity index (χ0) is 14.0. The van der Waals surface area contributed by atoms with Crippen molar-refractivity contribution in [1.82, 2.24) is 5.32 Å². The third-order valence-electron chi connectivity index (χ3n) is 4.02. The second kappa shape index (κ2) is 5.90. The molecule has 1 heterocycles. The molecule has 3 rings (SSSR count). The molecule has 20 heavy (non-hydrogen) atoms. The quantitative estimate of drug-likeness (QED) is 0.838. The van der Waals surface area contributed by atoms with Crippen molar-refractivity contribution in [2.24, 2.45) is 0 Å². The fourth-order valence-electron chi connectivity index (χ4n) is 2.60. The van der Waals surface area contributed by atoms with E-state index >= 15 is 0 Å². The van der Waals surface area contributed by atoms with Gasteiger partial charge in [0.1, 0.15) is 0 Å². The molecule has 0 aromatic heterocycles. The molecule has 1 aliphatic carbocycles. The largest absolute Gasteiger partial charge is 0.399 e. The van der Waals surface area contributed by atoms with Crippen molar-refractivity contribution < 1.29 is 4.79 Å². The number of carbonyl (C=O) groups excluding carboxylic acids is 1. The van der Waals surface area contributed by atoms with Gasteiger partial charge in [0.15, 0.2) is 0 Å². The van der Waals surface area contributed by atoms with Crippen molar-refractivity contribution in [3.8, 4) is 0 Å². The summed E-state index contributed by atoms with van der Waals surface area (Å²) in [5, 5.41) is 3.73. The normalized spacial score (nSPS) is 24.1. The van der Waals surface area contributed by atoms with Crippen LogP contribution in [-0.2, 0) is 10.2 Å². The summed E-state index contributed by atoms with van der Waals surface area (Å²) in [6.07, 6.45) is 1.91. The lowest BCUT2D eigenvalue weighted by molar-refractivity contribution is -0.123. The number of hydrogen-bond acceptors (Lipinski definition) is 4. The second-order valence-corrected chi connectivity index (χ2v) is 8.04. The van der Waals surface area contributed by atoms with Gasteiger partial charge in [-0.15, -0.1) is 0 Å². The molecule has 3 N–H and O–H groups in total. The van der Waals surface area contributed by atoms with Crippen LogP contribution in [-0.4, -0.2) is 35.0 Å². The lowest BCUT2D eigenvalue weighted by Gasteiger charge is -2.23. The van der Waals surface area contributed by atoms with Crippen molar-refractivity contribution in [2.75, 3.05) is 29.5 Å². The molecular weight excluding hydrogens is 288 g/mol. The molecule has 1 amide bonds. The van der Waals surface area contributed by atoms with E-state index in [2.05, 4.69) is 5.32 Å². The molecule has 2 fully saturated rings. The van der Waals surface area contributed by atoms with E-state index < -0.39 is 0 Å². The zero-order valence-electron chi connectivity index (χ0n) is 11.4. The van der Waals surface area contributed by atoms with Crippen molar-refractivity contribution in [3.05, 3.63) is 29.8 Å². The highest BCUT2D eigenvalue weighted by molar-refractivity contribution is 8.06. The number of hydrogen-bond donors (Lipinski definition) is 2. The lowest BCUT2D eigenvalue weighted by atomic mass is 9.95. The predicted octanol–water partition coefficient (Wildman–Crippen LogP) is 2.27. The summed E-state index contributed by atoms with van der Waals surface area (Å²) in [5.74, 6) is 3.79. The average molecular weight is 308 g/mol. The number of thioether (sulfide) groups is 2. The Kier molecular flexibility index (Phi) is 4.17. The minimum absolute atomic E-state index is 0.193. The van der Waals surface area contributed by atoms with Crippen LogP contribution in [0.25, 0.3) is 0 Å². The first kappa shape index (κ1) is 14.1. The molecule has 1 aliphatic heterocycles. The smallest absolute Gasteiger partial charge is 0.230 e. The molecule has 2 aliphatic rings. The zero-order valence-corrected chi connectivity index (χ0v) is 13.1. The van der Waals surface area contributed by atoms with Gasteiger partial charge in [0.2, 0.25) is 5.91 Å². The molecule has 1 unspecified atom stereocenters. The third-order valence-corrected chi connectivity index (χ3v) is 6.87. The van der Waals surface area contributed by atoms with Gasteiger partial charge in [-0.1, -0.05) is 12.1 Å². The van der Waals surface area contributed by atoms with Crippen LogP contribution in [0.4, 0.5) is 5.69 Å². The Balaban J connectivity index is 1.60. The van der Waals surface area contributed by atoms with Crippen LogP contribution in [0.5, 0.6) is 0 Å². The van der Waals surface area contributed by atoms with Crippen molar-refractivity contribution in [2.45, 2.75) is 23.5 Å². The first-order valence-corrected chi connectivity index (χ1v) is 9.25. The van der Waals surface area contributed by atoms with Gasteiger partial charge >= 0.3 is 0 Å². The Bertz CT molecular complexity index is 479. The minimum atomic E-state index is -0.278. The SMILES string of the molecule is Nc1ccc(C2(C(=O)NCC3CSCCS3)CC2)cc1. The topological polar surface area (TPSA) is 55.1 Å². The Morgan fingerprint density at radius 2 is 2.05 bits per heavy atom. The van der Waals surface area contributed by atoms with E-state index in [1.54, 1.807) is 0 Å². The minimum Gasteiger partial charge on any atom is -0.399 e. The molecule has 5 heteroatoms. The van der Waals surface area contributed by atoms with Crippen molar-refractivity contribution >= 4 is 35.1 Å². The van der Waals surface area contributed by atoms with Gasteiger partial charge in [0.25, 0.3) is 0 Å². The standard InChI is InChI=1S/C15H20N2OS2/c16-12-3-1-11(2-4-12)15(5-6-15)14(18)17-9-13-10-19-7-8-20-13/h1-4,13H,5-10,16H2,(H,17,18). The molecule has 0 spiro atoms. The Hall–Kier alpha value is -0.810. The molecule has 0 bridgehead atoms. The van der Waals surface area contributed by atoms with Gasteiger partial charge < -0.3 is 11.1 Å². The van der Waals surface area contributed by atoms with Crippen LogP contribution in [0.1, 0.15) is 18.4 Å². The second-order valence-electron chi connectivity index (χ2n) is 5.48. The number of anilines is 1. The summed E-state index contributed by atoms with van der Waals surface area (Å²) < 4.78 is 0. The van der Waals surface area contributed by atoms with Crippen LogP contribution in [0.3, 0.4) is 0 Å². The molecular formula is C15H20N2OS2. The number of amides is 1. The molecule has 108 valence electrons. The molecule has 1 aromatic carbocycles. The van der Waals surface area contributed by atoms with Crippen molar-refractivity contribution in [1.29, 1.82) is 0 Å². The summed E-state index contributed by atoms with van der Waals surface area (Å²) >= 11 is 3.97. The first-order chi connectivity index (χ1) is 9.71. The van der Waals surface area contributed by atoms with Crippen LogP contribution in [0, 0.1) is 0 Å². The van der Waals surface area contributed by atoms with Crippen LogP contribution >= 0.6 is 23.5 Å². The van der Waals surface area contributed by atoms with Gasteiger partial charge in [-0.2, -0.15) is 23.5 Å². The molecule has 1 saturated carbocycles. The van der Waals surface area contributed by atoms with Gasteiger partial charge in [-0.3, -0.25) is 4.79 Å². The maximum absolute atomic E-state index is 12.5. The Morgan fingerprint density at radius 3 is 2.65 bits per heavy atom. The maximum Gasteiger partial charge on any atom is 0.230 e. The van der Waals surface area contributed by atoms with E-state index in [1.807, 2.05) is 47.8 Å². The average Bonchev–Trinajstić information content (AvgIpc) is 3.28. The number of nitrogen functional groups attached to an aromatic ring is 1. The first-order valence-electron chi connectivity index (χ1n) is 7.04. The molecule has 0 radical (unpaired) electrons. The number of carbonyl (C=O) groups is 1.